The van der Waals surface area contributed by atoms with Gasteiger partial charge < -0.3 is 9.84 Å². The third-order valence-electron chi connectivity index (χ3n) is 2.15. The predicted molar refractivity (Wildman–Crippen MR) is 61.9 cm³/mol. The molecule has 0 fully saturated rings. The van der Waals surface area contributed by atoms with Gasteiger partial charge in [0.25, 0.3) is 0 Å². The molecule has 82 valence electrons. The van der Waals surface area contributed by atoms with Crippen LogP contribution in [0.5, 0.6) is 5.75 Å². The molecule has 0 amide bonds. The zero-order chi connectivity index (χ0) is 11.3. The Bertz CT molecular complexity index is 331. The summed E-state index contributed by atoms with van der Waals surface area (Å²) >= 11 is 0. The van der Waals surface area contributed by atoms with Crippen LogP contribution in [0.15, 0.2) is 36.4 Å². The fraction of sp³-hybridized carbons (Fsp3) is 0.385. The Morgan fingerprint density at radius 3 is 2.73 bits per heavy atom. The molecule has 1 N–H and O–H groups in total. The Hall–Kier alpha value is -1.28. The normalized spacial score (nSPS) is 12.2. The molecular formula is C13H18O2. The van der Waals surface area contributed by atoms with E-state index in [1.165, 1.54) is 0 Å². The van der Waals surface area contributed by atoms with Gasteiger partial charge in [-0.15, -0.1) is 0 Å². The van der Waals surface area contributed by atoms with Gasteiger partial charge in [-0.05, 0) is 30.5 Å². The van der Waals surface area contributed by atoms with E-state index < -0.39 is 6.29 Å². The topological polar surface area (TPSA) is 29.5 Å². The Labute approximate surface area is 91.2 Å². The molecule has 0 bridgehead atoms. The van der Waals surface area contributed by atoms with Crippen molar-refractivity contribution in [1.29, 1.82) is 0 Å². The van der Waals surface area contributed by atoms with Crippen molar-refractivity contribution >= 4 is 0 Å². The van der Waals surface area contributed by atoms with Crippen LogP contribution in [-0.4, -0.2) is 11.4 Å². The van der Waals surface area contributed by atoms with Gasteiger partial charge in [-0.25, -0.2) is 0 Å². The first-order valence-corrected chi connectivity index (χ1v) is 5.23. The first-order valence-electron chi connectivity index (χ1n) is 5.23. The van der Waals surface area contributed by atoms with E-state index in [9.17, 15) is 5.11 Å². The quantitative estimate of drug-likeness (QED) is 0.593. The van der Waals surface area contributed by atoms with Crippen molar-refractivity contribution in [2.45, 2.75) is 33.0 Å². The number of hydrogen-bond donors (Lipinski definition) is 1. The maximum Gasteiger partial charge on any atom is 0.219 e. The Morgan fingerprint density at radius 2 is 2.13 bits per heavy atom. The van der Waals surface area contributed by atoms with Crippen molar-refractivity contribution < 1.29 is 9.84 Å². The zero-order valence-corrected chi connectivity index (χ0v) is 9.36. The van der Waals surface area contributed by atoms with Crippen LogP contribution in [0.3, 0.4) is 0 Å². The largest absolute Gasteiger partial charge is 0.461 e. The maximum absolute atomic E-state index is 9.55. The van der Waals surface area contributed by atoms with E-state index in [2.05, 4.69) is 13.5 Å². The van der Waals surface area contributed by atoms with Gasteiger partial charge >= 0.3 is 0 Å². The second kappa shape index (κ2) is 5.56. The van der Waals surface area contributed by atoms with Gasteiger partial charge in [0, 0.05) is 0 Å². The fourth-order valence-electron chi connectivity index (χ4n) is 1.32. The minimum Gasteiger partial charge on any atom is -0.461 e. The molecule has 0 radical (unpaired) electrons. The van der Waals surface area contributed by atoms with Gasteiger partial charge in [-0.2, -0.15) is 0 Å². The van der Waals surface area contributed by atoms with E-state index >= 15 is 0 Å². The first kappa shape index (κ1) is 11.8. The smallest absolute Gasteiger partial charge is 0.219 e. The lowest BCUT2D eigenvalue weighted by Crippen LogP contribution is -2.16. The maximum atomic E-state index is 9.55. The lowest BCUT2D eigenvalue weighted by Gasteiger charge is -2.15. The van der Waals surface area contributed by atoms with Crippen molar-refractivity contribution in [2.24, 2.45) is 0 Å². The summed E-state index contributed by atoms with van der Waals surface area (Å²) in [6.07, 6.45) is 1.10. The second-order valence-corrected chi connectivity index (χ2v) is 3.67. The molecule has 1 unspecified atom stereocenters. The Balaban J connectivity index is 2.79. The van der Waals surface area contributed by atoms with Gasteiger partial charge in [-0.1, -0.05) is 38.1 Å². The molecule has 15 heavy (non-hydrogen) atoms. The summed E-state index contributed by atoms with van der Waals surface area (Å²) in [5, 5.41) is 9.55. The standard InChI is InChI=1S/C13H18O2/c1-4-7-11-8-5-6-9-12(11)15-13(14)10(2)3/h5-6,8-9,13-14H,2,4,7H2,1,3H3. The van der Waals surface area contributed by atoms with E-state index in [1.54, 1.807) is 6.92 Å². The molecule has 1 aromatic carbocycles. The minimum atomic E-state index is -0.914. The van der Waals surface area contributed by atoms with E-state index in [0.717, 1.165) is 24.2 Å². The molecule has 2 heteroatoms. The van der Waals surface area contributed by atoms with Crippen LogP contribution in [0.4, 0.5) is 0 Å². The fourth-order valence-corrected chi connectivity index (χ4v) is 1.32. The molecule has 0 saturated heterocycles. The molecule has 1 rings (SSSR count). The Kier molecular flexibility index (Phi) is 4.37. The van der Waals surface area contributed by atoms with Crippen LogP contribution in [0.25, 0.3) is 0 Å². The highest BCUT2D eigenvalue weighted by Gasteiger charge is 2.08. The summed E-state index contributed by atoms with van der Waals surface area (Å²) in [5.41, 5.74) is 1.74. The monoisotopic (exact) mass is 206 g/mol. The van der Waals surface area contributed by atoms with Crippen LogP contribution in [0.1, 0.15) is 25.8 Å². The highest BCUT2D eigenvalue weighted by molar-refractivity contribution is 5.33. The molecular weight excluding hydrogens is 188 g/mol. The van der Waals surface area contributed by atoms with Gasteiger partial charge in [0.2, 0.25) is 6.29 Å². The number of aliphatic hydroxyl groups is 1. The highest BCUT2D eigenvalue weighted by Crippen LogP contribution is 2.21. The highest BCUT2D eigenvalue weighted by atomic mass is 16.6. The van der Waals surface area contributed by atoms with Crippen molar-refractivity contribution in [1.82, 2.24) is 0 Å². The van der Waals surface area contributed by atoms with Gasteiger partial charge in [-0.3, -0.25) is 0 Å². The molecule has 0 aromatic heterocycles. The van der Waals surface area contributed by atoms with Gasteiger partial charge in [0.15, 0.2) is 0 Å². The number of hydrogen-bond acceptors (Lipinski definition) is 2. The molecule has 1 atom stereocenters. The number of ether oxygens (including phenoxy) is 1. The SMILES string of the molecule is C=C(C)C(O)Oc1ccccc1CCC. The zero-order valence-electron chi connectivity index (χ0n) is 9.36. The van der Waals surface area contributed by atoms with E-state index in [1.807, 2.05) is 24.3 Å². The molecule has 0 aliphatic heterocycles. The molecule has 2 nitrogen and oxygen atoms in total. The van der Waals surface area contributed by atoms with Crippen molar-refractivity contribution in [3.05, 3.63) is 42.0 Å². The van der Waals surface area contributed by atoms with Crippen LogP contribution in [0, 0.1) is 0 Å². The number of aryl methyl sites for hydroxylation is 1. The molecule has 0 heterocycles. The third-order valence-corrected chi connectivity index (χ3v) is 2.15. The summed E-state index contributed by atoms with van der Waals surface area (Å²) < 4.78 is 5.42. The van der Waals surface area contributed by atoms with Gasteiger partial charge in [0.1, 0.15) is 5.75 Å². The van der Waals surface area contributed by atoms with Gasteiger partial charge in [0.05, 0.1) is 0 Å². The minimum absolute atomic E-state index is 0.612. The van der Waals surface area contributed by atoms with E-state index in [-0.39, 0.29) is 0 Å². The molecule has 0 aliphatic rings. The van der Waals surface area contributed by atoms with Crippen molar-refractivity contribution in [3.63, 3.8) is 0 Å². The van der Waals surface area contributed by atoms with Crippen LogP contribution >= 0.6 is 0 Å². The molecule has 0 aliphatic carbocycles. The second-order valence-electron chi connectivity index (χ2n) is 3.67. The predicted octanol–water partition coefficient (Wildman–Crippen LogP) is 2.91. The lowest BCUT2D eigenvalue weighted by atomic mass is 10.1. The number of aliphatic hydroxyl groups excluding tert-OH is 1. The lowest BCUT2D eigenvalue weighted by molar-refractivity contribution is 0.0144. The number of para-hydroxylation sites is 1. The van der Waals surface area contributed by atoms with Crippen molar-refractivity contribution in [3.8, 4) is 5.75 Å². The Morgan fingerprint density at radius 1 is 1.47 bits per heavy atom. The summed E-state index contributed by atoms with van der Waals surface area (Å²) in [4.78, 5) is 0. The van der Waals surface area contributed by atoms with Crippen molar-refractivity contribution in [2.75, 3.05) is 0 Å². The van der Waals surface area contributed by atoms with E-state index in [4.69, 9.17) is 4.74 Å². The molecule has 1 aromatic rings. The number of rotatable bonds is 5. The average Bonchev–Trinajstić information content (AvgIpc) is 2.21. The number of benzene rings is 1. The average molecular weight is 206 g/mol. The summed E-state index contributed by atoms with van der Waals surface area (Å²) in [6.45, 7) is 7.51. The first-order chi connectivity index (χ1) is 7.15. The van der Waals surface area contributed by atoms with Crippen LogP contribution in [-0.2, 0) is 6.42 Å². The summed E-state index contributed by atoms with van der Waals surface area (Å²) in [6, 6.07) is 7.77. The summed E-state index contributed by atoms with van der Waals surface area (Å²) in [5.74, 6) is 0.745. The van der Waals surface area contributed by atoms with E-state index in [0.29, 0.717) is 5.57 Å². The summed E-state index contributed by atoms with van der Waals surface area (Å²) in [7, 11) is 0. The van der Waals surface area contributed by atoms with Crippen LogP contribution < -0.4 is 4.74 Å². The third kappa shape index (κ3) is 3.40. The van der Waals surface area contributed by atoms with Crippen LogP contribution in [0.2, 0.25) is 0 Å². The molecule has 0 spiro atoms. The molecule has 0 saturated carbocycles.